The summed E-state index contributed by atoms with van der Waals surface area (Å²) in [4.78, 5) is 51.1. The van der Waals surface area contributed by atoms with Crippen molar-refractivity contribution in [1.82, 2.24) is 15.6 Å². The molecule has 20 heteroatoms. The van der Waals surface area contributed by atoms with Crippen LogP contribution < -0.4 is 10.7 Å². The molecule has 0 saturated heterocycles. The van der Waals surface area contributed by atoms with Crippen LogP contribution in [-0.2, 0) is 76.1 Å². The van der Waals surface area contributed by atoms with Crippen molar-refractivity contribution in [1.29, 1.82) is 0 Å². The van der Waals surface area contributed by atoms with E-state index in [0.29, 0.717) is 184 Å². The Labute approximate surface area is 325 Å². The second-order valence-corrected chi connectivity index (χ2v) is 11.4. The van der Waals surface area contributed by atoms with Crippen molar-refractivity contribution < 1.29 is 76.1 Å². The van der Waals surface area contributed by atoms with Gasteiger partial charge in [0.15, 0.2) is 0 Å². The van der Waals surface area contributed by atoms with Crippen LogP contribution in [0, 0.1) is 0 Å². The van der Waals surface area contributed by atoms with E-state index in [1.807, 2.05) is 0 Å². The van der Waals surface area contributed by atoms with Gasteiger partial charge in [-0.3, -0.25) is 19.3 Å². The number of hydrogen-bond donors (Lipinski definition) is 2. The van der Waals surface area contributed by atoms with Gasteiger partial charge in [-0.05, 0) is 12.8 Å². The lowest BCUT2D eigenvalue weighted by molar-refractivity contribution is -0.137. The molecule has 1 aliphatic heterocycles. The molecule has 0 radical (unpaired) electrons. The molecule has 0 saturated carbocycles. The number of carbonyl (C=O) groups excluding carboxylic acids is 4. The topological polar surface area (TPSA) is 206 Å². The smallest absolute Gasteiger partial charge is 0.307 e. The van der Waals surface area contributed by atoms with Crippen LogP contribution in [-0.4, -0.2) is 201 Å². The molecule has 1 aliphatic rings. The molecule has 318 valence electrons. The molecule has 0 spiro atoms. The molecule has 0 fully saturated rings. The number of nitrogens with zero attached hydrogens (tertiary/aromatic N) is 1. The summed E-state index contributed by atoms with van der Waals surface area (Å²) in [6, 6.07) is 0. The van der Waals surface area contributed by atoms with Gasteiger partial charge in [-0.15, -0.1) is 0 Å². The maximum absolute atomic E-state index is 11.9. The molecular formula is C35H64BN3O16. The zero-order valence-corrected chi connectivity index (χ0v) is 32.4. The Balaban J connectivity index is 1.63. The summed E-state index contributed by atoms with van der Waals surface area (Å²) in [6.45, 7) is 11.4. The predicted octanol–water partition coefficient (Wildman–Crippen LogP) is -1.17. The van der Waals surface area contributed by atoms with Gasteiger partial charge in [0.05, 0.1) is 158 Å². The van der Waals surface area contributed by atoms with Crippen LogP contribution in [0.15, 0.2) is 12.2 Å². The summed E-state index contributed by atoms with van der Waals surface area (Å²) in [6.07, 6.45) is 5.80. The average Bonchev–Trinajstić information content (AvgIpc) is 3.51. The third-order valence-corrected chi connectivity index (χ3v) is 7.07. The number of amides is 3. The lowest BCUT2D eigenvalue weighted by atomic mass is 10.0. The molecule has 1 heterocycles. The highest BCUT2D eigenvalue weighted by Gasteiger charge is 2.22. The van der Waals surface area contributed by atoms with Gasteiger partial charge in [-0.2, -0.15) is 0 Å². The maximum Gasteiger partial charge on any atom is 0.307 e. The zero-order valence-electron chi connectivity index (χ0n) is 32.4. The molecule has 0 atom stereocenters. The molecule has 0 aromatic rings. The Morgan fingerprint density at radius 1 is 0.509 bits per heavy atom. The quantitative estimate of drug-likeness (QED) is 0.0245. The maximum atomic E-state index is 11.9. The molecule has 0 aromatic carbocycles. The Morgan fingerprint density at radius 3 is 1.22 bits per heavy atom. The molecule has 0 unspecified atom stereocenters. The number of ether oxygens (including phenoxy) is 11. The monoisotopic (exact) mass is 793 g/mol. The van der Waals surface area contributed by atoms with Crippen LogP contribution in [0.25, 0.3) is 0 Å². The Bertz CT molecular complexity index is 937. The van der Waals surface area contributed by atoms with E-state index >= 15 is 0 Å². The van der Waals surface area contributed by atoms with Gasteiger partial charge in [0, 0.05) is 31.7 Å². The van der Waals surface area contributed by atoms with Gasteiger partial charge in [-0.1, -0.05) is 6.42 Å². The zero-order chi connectivity index (χ0) is 39.5. The molecule has 0 aromatic heterocycles. The second kappa shape index (κ2) is 41.2. The van der Waals surface area contributed by atoms with E-state index in [4.69, 9.17) is 56.9 Å². The van der Waals surface area contributed by atoms with Gasteiger partial charge < -0.3 is 67.1 Å². The van der Waals surface area contributed by atoms with Crippen molar-refractivity contribution >= 4 is 31.3 Å². The van der Waals surface area contributed by atoms with E-state index in [1.54, 1.807) is 0 Å². The van der Waals surface area contributed by atoms with Gasteiger partial charge in [0.25, 0.3) is 11.8 Å². The average molecular weight is 794 g/mol. The second-order valence-electron chi connectivity index (χ2n) is 11.4. The molecule has 2 N–H and O–H groups in total. The summed E-state index contributed by atoms with van der Waals surface area (Å²) in [5.74, 6) is -0.594. The summed E-state index contributed by atoms with van der Waals surface area (Å²) < 4.78 is 59.9. The van der Waals surface area contributed by atoms with Crippen LogP contribution in [0.1, 0.15) is 25.7 Å². The third kappa shape index (κ3) is 35.7. The first kappa shape index (κ1) is 50.6. The van der Waals surface area contributed by atoms with Crippen LogP contribution in [0.2, 0.25) is 0 Å². The first-order valence-corrected chi connectivity index (χ1v) is 19.1. The van der Waals surface area contributed by atoms with Crippen LogP contribution in [0.5, 0.6) is 0 Å². The molecule has 55 heavy (non-hydrogen) atoms. The van der Waals surface area contributed by atoms with E-state index in [-0.39, 0.29) is 25.1 Å². The van der Waals surface area contributed by atoms with Crippen molar-refractivity contribution in [2.75, 3.05) is 165 Å². The van der Waals surface area contributed by atoms with Gasteiger partial charge in [-0.25, -0.2) is 5.39 Å². The molecule has 1 rings (SSSR count). The van der Waals surface area contributed by atoms with Gasteiger partial charge in [0.2, 0.25) is 5.91 Å². The van der Waals surface area contributed by atoms with Crippen LogP contribution in [0.4, 0.5) is 0 Å². The molecule has 19 nitrogen and oxygen atoms in total. The van der Waals surface area contributed by atoms with Crippen molar-refractivity contribution in [3.05, 3.63) is 12.2 Å². The SMILES string of the molecule is O=CBNOCCOCCOCCOCCOCCOCCOCCOCCOCCOCCOCCOCCNC(=O)CCCCCN1C(=O)C=CC1=O. The Kier molecular flexibility index (Phi) is 37.9. The Hall–Kier alpha value is -2.44. The highest BCUT2D eigenvalue weighted by atomic mass is 16.6. The summed E-state index contributed by atoms with van der Waals surface area (Å²) >= 11 is 0. The first-order chi connectivity index (χ1) is 27.1. The van der Waals surface area contributed by atoms with Crippen molar-refractivity contribution in [2.24, 2.45) is 0 Å². The Morgan fingerprint density at radius 2 is 0.855 bits per heavy atom. The molecular weight excluding hydrogens is 729 g/mol. The van der Waals surface area contributed by atoms with Gasteiger partial charge in [0.1, 0.15) is 0 Å². The van der Waals surface area contributed by atoms with Crippen LogP contribution >= 0.6 is 0 Å². The molecule has 0 bridgehead atoms. The number of rotatable bonds is 45. The number of nitrogens with one attached hydrogen (secondary N) is 2. The standard InChI is InChI=1S/C35H64BN3O16/c40-32-36-38-55-31-30-54-29-28-53-27-26-52-25-24-51-23-22-50-21-20-49-19-18-48-17-16-47-15-14-46-13-12-45-11-10-44-9-7-37-33(41)4-2-1-3-8-39-34(42)5-6-35(39)43/h5-6,32,36,38H,1-4,7-31H2,(H,37,41). The minimum atomic E-state index is -0.274. The van der Waals surface area contributed by atoms with Crippen LogP contribution in [0.3, 0.4) is 0 Å². The minimum absolute atomic E-state index is 0.0460. The fourth-order valence-electron chi connectivity index (χ4n) is 4.30. The van der Waals surface area contributed by atoms with Crippen molar-refractivity contribution in [3.8, 4) is 0 Å². The molecule has 0 aliphatic carbocycles. The third-order valence-electron chi connectivity index (χ3n) is 7.07. The molecule has 3 amide bonds. The highest BCUT2D eigenvalue weighted by Crippen LogP contribution is 2.07. The fourth-order valence-corrected chi connectivity index (χ4v) is 4.30. The fraction of sp³-hybridized carbons (Fsp3) is 0.829. The lowest BCUT2D eigenvalue weighted by Gasteiger charge is -2.13. The van der Waals surface area contributed by atoms with E-state index in [1.165, 1.54) is 17.1 Å². The number of unbranched alkanes of at least 4 members (excludes halogenated alkanes) is 2. The van der Waals surface area contributed by atoms with Gasteiger partial charge >= 0.3 is 7.41 Å². The number of carbonyl (C=O) groups is 4. The highest BCUT2D eigenvalue weighted by molar-refractivity contribution is 6.64. The van der Waals surface area contributed by atoms with E-state index in [9.17, 15) is 19.2 Å². The first-order valence-electron chi connectivity index (χ1n) is 19.1. The van der Waals surface area contributed by atoms with E-state index < -0.39 is 0 Å². The lowest BCUT2D eigenvalue weighted by Crippen LogP contribution is -2.31. The van der Waals surface area contributed by atoms with E-state index in [0.717, 1.165) is 12.6 Å². The largest absolute Gasteiger partial charge is 0.377 e. The number of imide groups is 1. The summed E-state index contributed by atoms with van der Waals surface area (Å²) in [5, 5.41) is 5.29. The number of hydrogen-bond acceptors (Lipinski definition) is 17. The predicted molar refractivity (Wildman–Crippen MR) is 199 cm³/mol. The van der Waals surface area contributed by atoms with Crippen molar-refractivity contribution in [2.45, 2.75) is 25.7 Å². The van der Waals surface area contributed by atoms with Crippen molar-refractivity contribution in [3.63, 3.8) is 0 Å². The summed E-state index contributed by atoms with van der Waals surface area (Å²) in [5.41, 5.74) is 0. The minimum Gasteiger partial charge on any atom is -0.377 e. The van der Waals surface area contributed by atoms with E-state index in [2.05, 4.69) is 10.7 Å². The normalized spacial score (nSPS) is 12.6. The summed E-state index contributed by atoms with van der Waals surface area (Å²) in [7, 11) is 0.156.